The first kappa shape index (κ1) is 61.4. The van der Waals surface area contributed by atoms with Gasteiger partial charge >= 0.3 is 65.1 Å². The van der Waals surface area contributed by atoms with Crippen LogP contribution in [0.1, 0.15) is 233 Å². The van der Waals surface area contributed by atoms with Crippen molar-refractivity contribution in [1.82, 2.24) is 0 Å². The van der Waals surface area contributed by atoms with Crippen LogP contribution < -0.4 is 64.2 Å². The predicted molar refractivity (Wildman–Crippen MR) is 212 cm³/mol. The minimum atomic E-state index is -1.19. The van der Waals surface area contributed by atoms with E-state index in [-0.39, 0.29) is 89.0 Å². The summed E-state index contributed by atoms with van der Waals surface area (Å²) in [4.78, 5) is 23.4. The van der Waals surface area contributed by atoms with E-state index in [1.54, 1.807) is 0 Å². The number of cyclic esters (lactones) is 1. The van der Waals surface area contributed by atoms with Gasteiger partial charge in [0.1, 0.15) is 6.10 Å². The van der Waals surface area contributed by atoms with Crippen LogP contribution in [0, 0.1) is 11.8 Å². The van der Waals surface area contributed by atoms with Crippen molar-refractivity contribution < 1.29 is 99.3 Å². The fourth-order valence-electron chi connectivity index (χ4n) is 7.36. The molecular weight excluding hydrogens is 702 g/mol. The Kier molecular flexibility index (Phi) is 51.1. The minimum Gasteiger partial charge on any atom is -0.870 e. The molecule has 0 amide bonds. The zero-order chi connectivity index (χ0) is 38.0. The summed E-state index contributed by atoms with van der Waals surface area (Å²) in [5.41, 5.74) is 0. The van der Waals surface area contributed by atoms with Gasteiger partial charge in [-0.25, -0.2) is 0 Å². The summed E-state index contributed by atoms with van der Waals surface area (Å²) >= 11 is 0. The SMILES string of the molecule is CCCCCCCCCCC[C@@H](O)C[C@H](O)[C@H](CCCCCC)C(=O)[O-].CCCCCCCCCCC[C@@H]1C[C@H](O)[C@H](CCCCCC)C(=O)O1.[Na+].[Na+].[OH-]. The third-order valence-corrected chi connectivity index (χ3v) is 10.8. The number of unbranched alkanes of at least 4 members (excludes halogenated alkanes) is 22. The molecule has 4 N–H and O–H groups in total. The number of esters is 1. The van der Waals surface area contributed by atoms with E-state index in [1.165, 1.54) is 109 Å². The second kappa shape index (κ2) is 44.9. The molecule has 0 aromatic heterocycles. The van der Waals surface area contributed by atoms with Crippen molar-refractivity contribution in [1.29, 1.82) is 0 Å². The van der Waals surface area contributed by atoms with Crippen LogP contribution in [0.5, 0.6) is 0 Å². The second-order valence-electron chi connectivity index (χ2n) is 15.8. The molecule has 0 aromatic rings. The molecule has 0 aliphatic carbocycles. The monoisotopic (exact) mass is 789 g/mol. The first-order valence-electron chi connectivity index (χ1n) is 22.2. The smallest absolute Gasteiger partial charge is 0.870 e. The molecule has 6 atom stereocenters. The van der Waals surface area contributed by atoms with Gasteiger partial charge < -0.3 is 35.4 Å². The van der Waals surface area contributed by atoms with Gasteiger partial charge in [-0.05, 0) is 38.5 Å². The van der Waals surface area contributed by atoms with E-state index in [0.717, 1.165) is 70.6 Å². The first-order chi connectivity index (χ1) is 24.7. The summed E-state index contributed by atoms with van der Waals surface area (Å²) < 4.78 is 5.60. The number of rotatable bonds is 34. The molecule has 0 aromatic carbocycles. The largest absolute Gasteiger partial charge is 1.00 e. The third kappa shape index (κ3) is 35.9. The summed E-state index contributed by atoms with van der Waals surface area (Å²) in [6, 6.07) is 0. The maximum Gasteiger partial charge on any atom is 1.00 e. The molecule has 1 heterocycles. The van der Waals surface area contributed by atoms with Crippen molar-refractivity contribution in [3.8, 4) is 0 Å². The molecule has 10 heteroatoms. The summed E-state index contributed by atoms with van der Waals surface area (Å²) in [7, 11) is 0. The minimum absolute atomic E-state index is 0. The molecule has 8 nitrogen and oxygen atoms in total. The van der Waals surface area contributed by atoms with E-state index in [2.05, 4.69) is 27.7 Å². The van der Waals surface area contributed by atoms with Gasteiger partial charge in [0, 0.05) is 18.3 Å². The van der Waals surface area contributed by atoms with Crippen molar-refractivity contribution in [2.75, 3.05) is 0 Å². The summed E-state index contributed by atoms with van der Waals surface area (Å²) in [5, 5.41) is 41.8. The van der Waals surface area contributed by atoms with Crippen molar-refractivity contribution >= 4 is 11.9 Å². The number of carbonyl (C=O) groups excluding carboxylic acids is 2. The fourth-order valence-corrected chi connectivity index (χ4v) is 7.36. The molecule has 0 spiro atoms. The average Bonchev–Trinajstić information content (AvgIpc) is 3.09. The van der Waals surface area contributed by atoms with Crippen molar-refractivity contribution in [3.05, 3.63) is 0 Å². The normalized spacial score (nSPS) is 18.1. The number of aliphatic carboxylic acids is 1. The van der Waals surface area contributed by atoms with Crippen LogP contribution in [0.2, 0.25) is 0 Å². The quantitative estimate of drug-likeness (QED) is 0.0494. The van der Waals surface area contributed by atoms with Gasteiger partial charge in [0.2, 0.25) is 0 Å². The van der Waals surface area contributed by atoms with Gasteiger partial charge in [0.05, 0.1) is 24.2 Å². The molecule has 0 saturated carbocycles. The van der Waals surface area contributed by atoms with E-state index in [4.69, 9.17) is 4.74 Å². The van der Waals surface area contributed by atoms with Crippen LogP contribution in [0.4, 0.5) is 0 Å². The van der Waals surface area contributed by atoms with Crippen molar-refractivity contribution in [2.24, 2.45) is 11.8 Å². The average molecular weight is 789 g/mol. The zero-order valence-electron chi connectivity index (χ0n) is 36.5. The molecule has 1 rings (SSSR count). The molecule has 312 valence electrons. The van der Waals surface area contributed by atoms with Crippen LogP contribution in [0.15, 0.2) is 0 Å². The summed E-state index contributed by atoms with van der Waals surface area (Å²) in [6.45, 7) is 8.77. The Labute approximate surface area is 377 Å². The maximum atomic E-state index is 12.2. The number of aliphatic hydroxyl groups excluding tert-OH is 3. The van der Waals surface area contributed by atoms with Crippen LogP contribution in [-0.2, 0) is 14.3 Å². The van der Waals surface area contributed by atoms with Gasteiger partial charge in [-0.3, -0.25) is 4.79 Å². The molecule has 0 radical (unpaired) electrons. The van der Waals surface area contributed by atoms with Crippen LogP contribution in [0.25, 0.3) is 0 Å². The van der Waals surface area contributed by atoms with Crippen molar-refractivity contribution in [3.63, 3.8) is 0 Å². The number of hydrogen-bond donors (Lipinski definition) is 3. The van der Waals surface area contributed by atoms with Gasteiger partial charge in [-0.15, -0.1) is 0 Å². The molecular formula is C44H86Na2O8. The number of carboxylic acid groups (broad SMARTS) is 1. The number of carbonyl (C=O) groups is 2. The molecule has 54 heavy (non-hydrogen) atoms. The molecule has 0 unspecified atom stereocenters. The Hall–Kier alpha value is 0.780. The number of ether oxygens (including phenoxy) is 1. The standard InChI is InChI=1S/C22H44O4.C22H42O3.2Na.H2O/c1-3-5-7-9-10-11-12-13-14-16-19(23)18-21(24)20(22(25)26)17-15-8-6-4-2;1-3-5-7-9-10-11-12-13-14-16-19-18-21(23)20(22(24)25-19)17-15-8-6-4-2;;;/h19-21,23-24H,3-18H2,1-2H3,(H,25,26);19-21,23H,3-18H2,1-2H3;;;1H2/q;;2*+1;/p-2/t2*19-,20+,21+;;;/m11.../s1. The van der Waals surface area contributed by atoms with E-state index >= 15 is 0 Å². The Morgan fingerprint density at radius 2 is 1.00 bits per heavy atom. The van der Waals surface area contributed by atoms with Crippen LogP contribution in [-0.4, -0.2) is 57.2 Å². The van der Waals surface area contributed by atoms with Crippen LogP contribution in [0.3, 0.4) is 0 Å². The molecule has 1 saturated heterocycles. The Morgan fingerprint density at radius 3 is 1.44 bits per heavy atom. The van der Waals surface area contributed by atoms with Gasteiger partial charge in [-0.1, -0.05) is 188 Å². The van der Waals surface area contributed by atoms with E-state index in [1.807, 2.05) is 0 Å². The summed E-state index contributed by atoms with van der Waals surface area (Å²) in [5.74, 6) is -2.48. The molecule has 0 bridgehead atoms. The predicted octanol–water partition coefficient (Wildman–Crippen LogP) is 4.36. The second-order valence-corrected chi connectivity index (χ2v) is 15.8. The third-order valence-electron chi connectivity index (χ3n) is 10.8. The van der Waals surface area contributed by atoms with E-state index < -0.39 is 30.2 Å². The zero-order valence-corrected chi connectivity index (χ0v) is 40.5. The van der Waals surface area contributed by atoms with Gasteiger partial charge in [0.25, 0.3) is 0 Å². The van der Waals surface area contributed by atoms with E-state index in [0.29, 0.717) is 19.3 Å². The topological polar surface area (TPSA) is 157 Å². The fraction of sp³-hybridized carbons (Fsp3) is 0.955. The molecule has 1 fully saturated rings. The van der Waals surface area contributed by atoms with E-state index in [9.17, 15) is 30.0 Å². The Morgan fingerprint density at radius 1 is 0.630 bits per heavy atom. The van der Waals surface area contributed by atoms with Crippen molar-refractivity contribution in [2.45, 2.75) is 258 Å². The molecule has 1 aliphatic rings. The van der Waals surface area contributed by atoms with Gasteiger partial charge in [-0.2, -0.15) is 0 Å². The number of carboxylic acids is 1. The number of hydrogen-bond acceptors (Lipinski definition) is 8. The number of aliphatic hydroxyl groups is 3. The first-order valence-corrected chi connectivity index (χ1v) is 22.2. The summed E-state index contributed by atoms with van der Waals surface area (Å²) in [6.07, 6.45) is 32.7. The van der Waals surface area contributed by atoms with Gasteiger partial charge in [0.15, 0.2) is 0 Å². The molecule has 1 aliphatic heterocycles. The Bertz CT molecular complexity index is 790. The Balaban J connectivity index is -0.000000439. The maximum absolute atomic E-state index is 12.2. The van der Waals surface area contributed by atoms with Crippen LogP contribution >= 0.6 is 0 Å².